The largest absolute Gasteiger partial charge is 0.440 e. The predicted octanol–water partition coefficient (Wildman–Crippen LogP) is 7.19. The third kappa shape index (κ3) is 9.65. The Morgan fingerprint density at radius 2 is 1.59 bits per heavy atom. The van der Waals surface area contributed by atoms with Crippen LogP contribution < -0.4 is 5.32 Å². The van der Waals surface area contributed by atoms with Gasteiger partial charge in [-0.25, -0.2) is 4.79 Å². The molecule has 4 atom stereocenters. The van der Waals surface area contributed by atoms with Crippen LogP contribution in [0.5, 0.6) is 0 Å². The highest BCUT2D eigenvalue weighted by Gasteiger charge is 2.66. The molecule has 8 heteroatoms. The molecule has 1 aromatic carbocycles. The first-order chi connectivity index (χ1) is 19.8. The van der Waals surface area contributed by atoms with Crippen molar-refractivity contribution in [3.8, 4) is 0 Å². The molecule has 41 heavy (non-hydrogen) atoms. The number of anilines is 1. The summed E-state index contributed by atoms with van der Waals surface area (Å²) in [5.74, 6) is -1.99. The van der Waals surface area contributed by atoms with E-state index in [1.807, 2.05) is 45.0 Å². The van der Waals surface area contributed by atoms with Crippen LogP contribution in [0.1, 0.15) is 103 Å². The van der Waals surface area contributed by atoms with E-state index < -0.39 is 29.9 Å². The molecule has 3 fully saturated rings. The van der Waals surface area contributed by atoms with Gasteiger partial charge < -0.3 is 28.6 Å². The van der Waals surface area contributed by atoms with E-state index in [1.54, 1.807) is 0 Å². The lowest BCUT2D eigenvalue weighted by molar-refractivity contribution is -0.278. The van der Waals surface area contributed by atoms with E-state index >= 15 is 0 Å². The smallest absolute Gasteiger partial charge is 0.412 e. The molecular weight excluding hydrogens is 520 g/mol. The van der Waals surface area contributed by atoms with Crippen LogP contribution in [0.15, 0.2) is 24.3 Å². The number of benzene rings is 1. The second-order valence-electron chi connectivity index (χ2n) is 12.6. The normalized spacial score (nSPS) is 27.3. The fourth-order valence-corrected chi connectivity index (χ4v) is 6.28. The summed E-state index contributed by atoms with van der Waals surface area (Å²) in [6, 6.07) is 7.65. The number of nitrogens with zero attached hydrogens (tertiary/aromatic N) is 1. The topological polar surface area (TPSA) is 78.5 Å². The second kappa shape index (κ2) is 15.7. The molecule has 8 nitrogen and oxygen atoms in total. The van der Waals surface area contributed by atoms with Gasteiger partial charge in [-0.2, -0.15) is 0 Å². The molecule has 1 aromatic rings. The van der Waals surface area contributed by atoms with E-state index in [2.05, 4.69) is 17.1 Å². The Morgan fingerprint density at radius 3 is 2.24 bits per heavy atom. The van der Waals surface area contributed by atoms with Crippen molar-refractivity contribution >= 4 is 11.8 Å². The number of hydrogen-bond donors (Lipinski definition) is 1. The maximum atomic E-state index is 13.0. The molecule has 0 unspecified atom stereocenters. The van der Waals surface area contributed by atoms with Crippen LogP contribution in [0, 0.1) is 6.92 Å². The Bertz CT molecular complexity index is 919. The van der Waals surface area contributed by atoms with Gasteiger partial charge in [0.15, 0.2) is 18.0 Å². The van der Waals surface area contributed by atoms with Crippen molar-refractivity contribution in [3.05, 3.63) is 29.8 Å². The Kier molecular flexibility index (Phi) is 12.3. The van der Waals surface area contributed by atoms with Gasteiger partial charge in [0, 0.05) is 18.8 Å². The van der Waals surface area contributed by atoms with Crippen molar-refractivity contribution in [2.24, 2.45) is 0 Å². The number of aryl methyl sites for hydroxylation is 1. The average Bonchev–Trinajstić information content (AvgIpc) is 3.60. The molecule has 0 saturated carbocycles. The number of rotatable bonds is 17. The van der Waals surface area contributed by atoms with Crippen LogP contribution in [0.4, 0.5) is 10.5 Å². The Hall–Kier alpha value is -1.71. The minimum atomic E-state index is -1.11. The summed E-state index contributed by atoms with van der Waals surface area (Å²) < 4.78 is 31.6. The molecule has 0 aromatic heterocycles. The lowest BCUT2D eigenvalue weighted by atomic mass is 10.0. The number of unbranched alkanes of at least 4 members (excludes halogenated alkanes) is 9. The van der Waals surface area contributed by atoms with Gasteiger partial charge in [0.1, 0.15) is 12.7 Å². The van der Waals surface area contributed by atoms with E-state index in [0.717, 1.165) is 31.5 Å². The molecule has 1 N–H and O–H groups in total. The molecule has 0 aliphatic carbocycles. The van der Waals surface area contributed by atoms with E-state index in [4.69, 9.17) is 23.7 Å². The summed E-state index contributed by atoms with van der Waals surface area (Å²) >= 11 is 0. The molecule has 4 rings (SSSR count). The summed E-state index contributed by atoms with van der Waals surface area (Å²) in [7, 11) is 0. The first-order valence-corrected chi connectivity index (χ1v) is 16.2. The van der Waals surface area contributed by atoms with E-state index in [-0.39, 0.29) is 12.7 Å². The van der Waals surface area contributed by atoms with Gasteiger partial charge in [-0.3, -0.25) is 5.32 Å². The molecule has 3 saturated heterocycles. The molecule has 0 spiro atoms. The number of carbonyl (C=O) groups is 1. The highest BCUT2D eigenvalue weighted by atomic mass is 16.9. The van der Waals surface area contributed by atoms with Gasteiger partial charge >= 0.3 is 6.09 Å². The average molecular weight is 575 g/mol. The van der Waals surface area contributed by atoms with Crippen LogP contribution in [0.3, 0.4) is 0 Å². The fraction of sp³-hybridized carbons (Fsp3) is 0.788. The highest BCUT2D eigenvalue weighted by Crippen LogP contribution is 2.47. The van der Waals surface area contributed by atoms with Crippen molar-refractivity contribution in [2.45, 2.75) is 135 Å². The lowest BCUT2D eigenvalue weighted by Gasteiger charge is -2.30. The number of amides is 1. The first-order valence-electron chi connectivity index (χ1n) is 16.2. The number of hydrogen-bond acceptors (Lipinski definition) is 7. The van der Waals surface area contributed by atoms with E-state index in [1.165, 1.54) is 64.2 Å². The number of fused-ring (bicyclic) bond motifs is 1. The molecule has 0 radical (unpaired) electrons. The van der Waals surface area contributed by atoms with Gasteiger partial charge in [-0.1, -0.05) is 82.4 Å². The van der Waals surface area contributed by atoms with Crippen LogP contribution in [-0.4, -0.2) is 73.7 Å². The Balaban J connectivity index is 1.30. The Labute approximate surface area is 247 Å². The maximum Gasteiger partial charge on any atom is 0.412 e. The van der Waals surface area contributed by atoms with Crippen molar-refractivity contribution in [1.82, 2.24) is 4.90 Å². The predicted molar refractivity (Wildman–Crippen MR) is 161 cm³/mol. The SMILES string of the molecule is CCCCCCCCCCCCOC[C@@]12O[C@@H](CN3CCCC3)[C@@H](OC(=O)Nc3ccc(C)cc3)[C@@H]1OC(C)(C)O2. The lowest BCUT2D eigenvalue weighted by Crippen LogP contribution is -2.46. The minimum Gasteiger partial charge on any atom is -0.440 e. The van der Waals surface area contributed by atoms with Crippen molar-refractivity contribution in [1.29, 1.82) is 0 Å². The van der Waals surface area contributed by atoms with Crippen LogP contribution in [0.2, 0.25) is 0 Å². The summed E-state index contributed by atoms with van der Waals surface area (Å²) in [4.78, 5) is 15.4. The summed E-state index contributed by atoms with van der Waals surface area (Å²) in [5, 5.41) is 2.86. The van der Waals surface area contributed by atoms with Crippen molar-refractivity contribution in [3.63, 3.8) is 0 Å². The number of carbonyl (C=O) groups excluding carboxylic acids is 1. The fourth-order valence-electron chi connectivity index (χ4n) is 6.28. The summed E-state index contributed by atoms with van der Waals surface area (Å²) in [6.45, 7) is 11.6. The number of nitrogens with one attached hydrogen (secondary N) is 1. The zero-order chi connectivity index (χ0) is 29.1. The van der Waals surface area contributed by atoms with E-state index in [9.17, 15) is 4.79 Å². The molecule has 232 valence electrons. The van der Waals surface area contributed by atoms with Gasteiger partial charge in [0.25, 0.3) is 0 Å². The standard InChI is InChI=1S/C33H54N2O6/c1-5-6-7-8-9-10-11-12-13-16-23-37-25-33-30(40-32(3,4)41-33)29(28(39-33)24-35-21-14-15-22-35)38-31(36)34-27-19-17-26(2)18-20-27/h17-20,28-30H,5-16,21-25H2,1-4H3,(H,34,36)/t28-,29+,30-,33-/m0/s1. The maximum absolute atomic E-state index is 13.0. The first kappa shape index (κ1) is 32.2. The third-order valence-corrected chi connectivity index (χ3v) is 8.40. The number of likely N-dealkylation sites (tertiary alicyclic amines) is 1. The summed E-state index contributed by atoms with van der Waals surface area (Å²) in [5.41, 5.74) is 1.81. The second-order valence-corrected chi connectivity index (χ2v) is 12.6. The zero-order valence-electron chi connectivity index (χ0n) is 26.0. The molecule has 3 aliphatic heterocycles. The van der Waals surface area contributed by atoms with Crippen molar-refractivity contribution in [2.75, 3.05) is 38.2 Å². The highest BCUT2D eigenvalue weighted by molar-refractivity contribution is 5.84. The number of ether oxygens (including phenoxy) is 5. The van der Waals surface area contributed by atoms with Crippen LogP contribution >= 0.6 is 0 Å². The van der Waals surface area contributed by atoms with Crippen LogP contribution in [-0.2, 0) is 23.7 Å². The van der Waals surface area contributed by atoms with Gasteiger partial charge in [0.2, 0.25) is 5.79 Å². The van der Waals surface area contributed by atoms with Crippen LogP contribution in [0.25, 0.3) is 0 Å². The minimum absolute atomic E-state index is 0.245. The quantitative estimate of drug-likeness (QED) is 0.197. The third-order valence-electron chi connectivity index (χ3n) is 8.40. The molecule has 0 bridgehead atoms. The van der Waals surface area contributed by atoms with E-state index in [0.29, 0.717) is 18.8 Å². The van der Waals surface area contributed by atoms with Gasteiger partial charge in [-0.15, -0.1) is 0 Å². The van der Waals surface area contributed by atoms with Gasteiger partial charge in [-0.05, 0) is 65.3 Å². The molecule has 1 amide bonds. The molecule has 3 aliphatic rings. The summed E-state index contributed by atoms with van der Waals surface area (Å²) in [6.07, 6.45) is 13.1. The van der Waals surface area contributed by atoms with Crippen molar-refractivity contribution < 1.29 is 28.5 Å². The van der Waals surface area contributed by atoms with Gasteiger partial charge in [0.05, 0.1) is 0 Å². The Morgan fingerprint density at radius 1 is 0.951 bits per heavy atom. The monoisotopic (exact) mass is 574 g/mol. The molecular formula is C33H54N2O6. The zero-order valence-corrected chi connectivity index (χ0v) is 26.0. The molecule has 3 heterocycles.